The Kier molecular flexibility index (Phi) is 3.56. The van der Waals surface area contributed by atoms with Crippen molar-refractivity contribution in [3.8, 4) is 0 Å². The molecule has 1 aliphatic carbocycles. The predicted octanol–water partition coefficient (Wildman–Crippen LogP) is 1.44. The van der Waals surface area contributed by atoms with Gasteiger partial charge in [-0.25, -0.2) is 0 Å². The van der Waals surface area contributed by atoms with Gasteiger partial charge in [0.15, 0.2) is 5.69 Å². The highest BCUT2D eigenvalue weighted by Gasteiger charge is 2.29. The van der Waals surface area contributed by atoms with Crippen molar-refractivity contribution >= 4 is 11.7 Å². The standard InChI is InChI=1S/C12H18N4O/c1-3-13-11-7-6-10(15-16-11)12(17)14-8(2)9-4-5-9/h6-9H,3-5H2,1-2H3,(H,13,16)(H,14,17). The minimum atomic E-state index is -0.139. The summed E-state index contributed by atoms with van der Waals surface area (Å²) in [4.78, 5) is 11.8. The number of amides is 1. The summed E-state index contributed by atoms with van der Waals surface area (Å²) in [7, 11) is 0. The lowest BCUT2D eigenvalue weighted by Gasteiger charge is -2.11. The topological polar surface area (TPSA) is 66.9 Å². The molecule has 17 heavy (non-hydrogen) atoms. The fraction of sp³-hybridized carbons (Fsp3) is 0.583. The Morgan fingerprint density at radius 3 is 2.76 bits per heavy atom. The van der Waals surface area contributed by atoms with Crippen LogP contribution in [0.4, 0.5) is 5.82 Å². The maximum absolute atomic E-state index is 11.8. The van der Waals surface area contributed by atoms with Gasteiger partial charge < -0.3 is 10.6 Å². The third-order valence-electron chi connectivity index (χ3n) is 2.94. The van der Waals surface area contributed by atoms with Gasteiger partial charge in [-0.15, -0.1) is 10.2 Å². The van der Waals surface area contributed by atoms with E-state index < -0.39 is 0 Å². The van der Waals surface area contributed by atoms with E-state index in [1.54, 1.807) is 12.1 Å². The summed E-state index contributed by atoms with van der Waals surface area (Å²) in [5, 5.41) is 13.8. The Morgan fingerprint density at radius 1 is 1.47 bits per heavy atom. The lowest BCUT2D eigenvalue weighted by Crippen LogP contribution is -2.34. The van der Waals surface area contributed by atoms with E-state index in [2.05, 4.69) is 20.8 Å². The fourth-order valence-corrected chi connectivity index (χ4v) is 1.72. The van der Waals surface area contributed by atoms with E-state index in [0.29, 0.717) is 17.4 Å². The highest BCUT2D eigenvalue weighted by atomic mass is 16.2. The molecular formula is C12H18N4O. The van der Waals surface area contributed by atoms with Crippen LogP contribution in [-0.2, 0) is 0 Å². The second kappa shape index (κ2) is 5.12. The molecule has 1 saturated carbocycles. The highest BCUT2D eigenvalue weighted by molar-refractivity contribution is 5.92. The van der Waals surface area contributed by atoms with Crippen molar-refractivity contribution in [2.24, 2.45) is 5.92 Å². The number of hydrogen-bond acceptors (Lipinski definition) is 4. The molecule has 0 aliphatic heterocycles. The van der Waals surface area contributed by atoms with Crippen LogP contribution in [0.3, 0.4) is 0 Å². The van der Waals surface area contributed by atoms with Crippen molar-refractivity contribution in [1.29, 1.82) is 0 Å². The Labute approximate surface area is 101 Å². The number of nitrogens with one attached hydrogen (secondary N) is 2. The molecule has 0 spiro atoms. The van der Waals surface area contributed by atoms with E-state index in [1.165, 1.54) is 12.8 Å². The molecule has 92 valence electrons. The molecule has 1 unspecified atom stereocenters. The fourth-order valence-electron chi connectivity index (χ4n) is 1.72. The summed E-state index contributed by atoms with van der Waals surface area (Å²) in [6.45, 7) is 4.81. The molecule has 1 fully saturated rings. The molecule has 2 rings (SSSR count). The average Bonchev–Trinajstić information content (AvgIpc) is 3.14. The van der Waals surface area contributed by atoms with Crippen LogP contribution >= 0.6 is 0 Å². The Bertz CT molecular complexity index is 386. The molecule has 0 saturated heterocycles. The Balaban J connectivity index is 1.93. The lowest BCUT2D eigenvalue weighted by atomic mass is 10.2. The second-order valence-electron chi connectivity index (χ2n) is 4.43. The van der Waals surface area contributed by atoms with Crippen molar-refractivity contribution in [2.75, 3.05) is 11.9 Å². The van der Waals surface area contributed by atoms with Gasteiger partial charge in [0, 0.05) is 12.6 Å². The number of carbonyl (C=O) groups is 1. The molecule has 0 bridgehead atoms. The van der Waals surface area contributed by atoms with Crippen LogP contribution in [0.25, 0.3) is 0 Å². The average molecular weight is 234 g/mol. The summed E-state index contributed by atoms with van der Waals surface area (Å²) in [5.41, 5.74) is 0.374. The Hall–Kier alpha value is -1.65. The smallest absolute Gasteiger partial charge is 0.272 e. The first-order valence-corrected chi connectivity index (χ1v) is 6.09. The third-order valence-corrected chi connectivity index (χ3v) is 2.94. The minimum absolute atomic E-state index is 0.139. The quantitative estimate of drug-likeness (QED) is 0.809. The second-order valence-corrected chi connectivity index (χ2v) is 4.43. The molecule has 1 atom stereocenters. The minimum Gasteiger partial charge on any atom is -0.369 e. The van der Waals surface area contributed by atoms with E-state index in [4.69, 9.17) is 0 Å². The van der Waals surface area contributed by atoms with Crippen LogP contribution in [-0.4, -0.2) is 28.7 Å². The maximum Gasteiger partial charge on any atom is 0.272 e. The van der Waals surface area contributed by atoms with Gasteiger partial charge >= 0.3 is 0 Å². The summed E-state index contributed by atoms with van der Waals surface area (Å²) >= 11 is 0. The van der Waals surface area contributed by atoms with Crippen molar-refractivity contribution in [3.63, 3.8) is 0 Å². The van der Waals surface area contributed by atoms with E-state index in [9.17, 15) is 4.79 Å². The maximum atomic E-state index is 11.8. The van der Waals surface area contributed by atoms with E-state index in [-0.39, 0.29) is 11.9 Å². The van der Waals surface area contributed by atoms with Crippen LogP contribution in [0, 0.1) is 5.92 Å². The molecule has 0 aromatic carbocycles. The zero-order valence-electron chi connectivity index (χ0n) is 10.2. The first-order chi connectivity index (χ1) is 8.20. The Morgan fingerprint density at radius 2 is 2.24 bits per heavy atom. The number of carbonyl (C=O) groups excluding carboxylic acids is 1. The number of aromatic nitrogens is 2. The lowest BCUT2D eigenvalue weighted by molar-refractivity contribution is 0.0930. The van der Waals surface area contributed by atoms with Crippen molar-refractivity contribution < 1.29 is 4.79 Å². The molecule has 5 heteroatoms. The van der Waals surface area contributed by atoms with Gasteiger partial charge in [-0.2, -0.15) is 0 Å². The first kappa shape index (κ1) is 11.8. The molecule has 5 nitrogen and oxygen atoms in total. The van der Waals surface area contributed by atoms with Crippen molar-refractivity contribution in [2.45, 2.75) is 32.7 Å². The van der Waals surface area contributed by atoms with Crippen LogP contribution in [0.2, 0.25) is 0 Å². The molecule has 1 heterocycles. The van der Waals surface area contributed by atoms with Gasteiger partial charge in [-0.05, 0) is 44.7 Å². The SMILES string of the molecule is CCNc1ccc(C(=O)NC(C)C2CC2)nn1. The van der Waals surface area contributed by atoms with Gasteiger partial charge in [0.05, 0.1) is 0 Å². The number of rotatable bonds is 5. The molecular weight excluding hydrogens is 216 g/mol. The van der Waals surface area contributed by atoms with Crippen molar-refractivity contribution in [3.05, 3.63) is 17.8 Å². The molecule has 1 aromatic heterocycles. The van der Waals surface area contributed by atoms with Crippen LogP contribution in [0.1, 0.15) is 37.2 Å². The number of hydrogen-bond donors (Lipinski definition) is 2. The largest absolute Gasteiger partial charge is 0.369 e. The zero-order valence-corrected chi connectivity index (χ0v) is 10.2. The van der Waals surface area contributed by atoms with Crippen LogP contribution < -0.4 is 10.6 Å². The van der Waals surface area contributed by atoms with E-state index >= 15 is 0 Å². The van der Waals surface area contributed by atoms with Crippen LogP contribution in [0.15, 0.2) is 12.1 Å². The van der Waals surface area contributed by atoms with Gasteiger partial charge in [0.1, 0.15) is 5.82 Å². The molecule has 1 aromatic rings. The molecule has 1 aliphatic rings. The predicted molar refractivity (Wildman–Crippen MR) is 65.8 cm³/mol. The van der Waals surface area contributed by atoms with E-state index in [1.807, 2.05) is 13.8 Å². The highest BCUT2D eigenvalue weighted by Crippen LogP contribution is 2.32. The molecule has 1 amide bonds. The molecule has 0 radical (unpaired) electrons. The normalized spacial score (nSPS) is 16.4. The van der Waals surface area contributed by atoms with Gasteiger partial charge in [-0.3, -0.25) is 4.79 Å². The summed E-state index contributed by atoms with van der Waals surface area (Å²) in [6.07, 6.45) is 2.43. The first-order valence-electron chi connectivity index (χ1n) is 6.09. The van der Waals surface area contributed by atoms with Gasteiger partial charge in [-0.1, -0.05) is 0 Å². The summed E-state index contributed by atoms with van der Waals surface area (Å²) in [5.74, 6) is 1.20. The van der Waals surface area contributed by atoms with Crippen molar-refractivity contribution in [1.82, 2.24) is 15.5 Å². The van der Waals surface area contributed by atoms with Gasteiger partial charge in [0.25, 0.3) is 5.91 Å². The summed E-state index contributed by atoms with van der Waals surface area (Å²) in [6, 6.07) is 3.70. The number of nitrogens with zero attached hydrogens (tertiary/aromatic N) is 2. The summed E-state index contributed by atoms with van der Waals surface area (Å²) < 4.78 is 0. The van der Waals surface area contributed by atoms with Crippen LogP contribution in [0.5, 0.6) is 0 Å². The van der Waals surface area contributed by atoms with E-state index in [0.717, 1.165) is 6.54 Å². The molecule has 2 N–H and O–H groups in total. The third kappa shape index (κ3) is 3.15. The zero-order chi connectivity index (χ0) is 12.3. The number of anilines is 1. The van der Waals surface area contributed by atoms with Gasteiger partial charge in [0.2, 0.25) is 0 Å². The monoisotopic (exact) mass is 234 g/mol.